The highest BCUT2D eigenvalue weighted by molar-refractivity contribution is 5.50. The number of ether oxygens (including phenoxy) is 3. The van der Waals surface area contributed by atoms with Gasteiger partial charge in [0.05, 0.1) is 18.9 Å². The van der Waals surface area contributed by atoms with Crippen molar-refractivity contribution in [1.29, 1.82) is 0 Å². The van der Waals surface area contributed by atoms with Crippen molar-refractivity contribution in [2.75, 3.05) is 18.9 Å². The molecule has 1 aromatic carbocycles. The maximum Gasteiger partial charge on any atom is 0.240 e. The molecule has 0 aliphatic heterocycles. The van der Waals surface area contributed by atoms with Gasteiger partial charge in [-0.2, -0.15) is 4.98 Å². The lowest BCUT2D eigenvalue weighted by Gasteiger charge is -2.12. The molecule has 0 saturated carbocycles. The van der Waals surface area contributed by atoms with Crippen molar-refractivity contribution < 1.29 is 14.2 Å². The van der Waals surface area contributed by atoms with Crippen molar-refractivity contribution in [2.45, 2.75) is 20.3 Å². The first-order valence-electron chi connectivity index (χ1n) is 7.03. The lowest BCUT2D eigenvalue weighted by Crippen LogP contribution is -2.02. The summed E-state index contributed by atoms with van der Waals surface area (Å²) in [6.45, 7) is 5.08. The predicted molar refractivity (Wildman–Crippen MR) is 82.1 cm³/mol. The number of hydrogen-bond donors (Lipinski definition) is 1. The molecule has 0 unspecified atom stereocenters. The Morgan fingerprint density at radius 2 is 1.76 bits per heavy atom. The average molecular weight is 288 g/mol. The van der Waals surface area contributed by atoms with E-state index in [4.69, 9.17) is 19.9 Å². The number of aromatic nitrogens is 1. The molecule has 0 amide bonds. The third-order valence-electron chi connectivity index (χ3n) is 2.67. The van der Waals surface area contributed by atoms with Crippen molar-refractivity contribution in [3.05, 3.63) is 36.4 Å². The topological polar surface area (TPSA) is 66.6 Å². The number of para-hydroxylation sites is 2. The highest BCUT2D eigenvalue weighted by atomic mass is 16.5. The van der Waals surface area contributed by atoms with Crippen LogP contribution in [0.25, 0.3) is 0 Å². The number of hydrogen-bond acceptors (Lipinski definition) is 5. The van der Waals surface area contributed by atoms with Gasteiger partial charge >= 0.3 is 0 Å². The molecule has 0 fully saturated rings. The molecule has 0 aliphatic carbocycles. The molecule has 5 heteroatoms. The Balaban J connectivity index is 2.19. The van der Waals surface area contributed by atoms with Crippen LogP contribution in [0.1, 0.15) is 20.3 Å². The van der Waals surface area contributed by atoms with Gasteiger partial charge in [0.25, 0.3) is 0 Å². The lowest BCUT2D eigenvalue weighted by atomic mass is 10.3. The van der Waals surface area contributed by atoms with Crippen LogP contribution in [-0.2, 0) is 0 Å². The second-order valence-corrected chi connectivity index (χ2v) is 4.37. The third-order valence-corrected chi connectivity index (χ3v) is 2.67. The van der Waals surface area contributed by atoms with Crippen LogP contribution in [-0.4, -0.2) is 18.2 Å². The van der Waals surface area contributed by atoms with Crippen molar-refractivity contribution in [1.82, 2.24) is 4.98 Å². The SMILES string of the molecule is CCCOc1nc(Oc2ccccc2OCC)ccc1N. The van der Waals surface area contributed by atoms with E-state index in [9.17, 15) is 0 Å². The van der Waals surface area contributed by atoms with Crippen LogP contribution < -0.4 is 19.9 Å². The number of anilines is 1. The van der Waals surface area contributed by atoms with Gasteiger partial charge in [0, 0.05) is 6.07 Å². The molecule has 21 heavy (non-hydrogen) atoms. The summed E-state index contributed by atoms with van der Waals surface area (Å²) >= 11 is 0. The van der Waals surface area contributed by atoms with Crippen molar-refractivity contribution >= 4 is 5.69 Å². The van der Waals surface area contributed by atoms with Crippen LogP contribution in [0.5, 0.6) is 23.3 Å². The number of rotatable bonds is 7. The van der Waals surface area contributed by atoms with E-state index in [1.54, 1.807) is 12.1 Å². The predicted octanol–water partition coefficient (Wildman–Crippen LogP) is 3.64. The minimum absolute atomic E-state index is 0.392. The molecular formula is C16H20N2O3. The van der Waals surface area contributed by atoms with Gasteiger partial charge in [0.2, 0.25) is 11.8 Å². The first-order chi connectivity index (χ1) is 10.2. The van der Waals surface area contributed by atoms with Gasteiger partial charge in [-0.15, -0.1) is 0 Å². The molecular weight excluding hydrogens is 268 g/mol. The highest BCUT2D eigenvalue weighted by Crippen LogP contribution is 2.32. The number of nitrogens with two attached hydrogens (primary N) is 1. The van der Waals surface area contributed by atoms with Crippen LogP contribution in [0.2, 0.25) is 0 Å². The smallest absolute Gasteiger partial charge is 0.240 e. The van der Waals surface area contributed by atoms with E-state index in [1.165, 1.54) is 0 Å². The van der Waals surface area contributed by atoms with Gasteiger partial charge in [0.1, 0.15) is 0 Å². The molecule has 0 saturated heterocycles. The van der Waals surface area contributed by atoms with Crippen LogP contribution in [0.15, 0.2) is 36.4 Å². The molecule has 0 atom stereocenters. The average Bonchev–Trinajstić information content (AvgIpc) is 2.50. The quantitative estimate of drug-likeness (QED) is 0.842. The van der Waals surface area contributed by atoms with E-state index in [2.05, 4.69) is 4.98 Å². The summed E-state index contributed by atoms with van der Waals surface area (Å²) in [4.78, 5) is 4.28. The molecule has 0 bridgehead atoms. The van der Waals surface area contributed by atoms with E-state index in [-0.39, 0.29) is 0 Å². The molecule has 0 aliphatic rings. The summed E-state index contributed by atoms with van der Waals surface area (Å²) < 4.78 is 16.8. The van der Waals surface area contributed by atoms with E-state index in [0.29, 0.717) is 42.2 Å². The first kappa shape index (κ1) is 15.0. The van der Waals surface area contributed by atoms with Gasteiger partial charge in [-0.25, -0.2) is 0 Å². The van der Waals surface area contributed by atoms with E-state index in [1.807, 2.05) is 38.1 Å². The summed E-state index contributed by atoms with van der Waals surface area (Å²) in [5, 5.41) is 0. The van der Waals surface area contributed by atoms with Gasteiger partial charge in [-0.1, -0.05) is 19.1 Å². The number of pyridine rings is 1. The maximum atomic E-state index is 5.83. The molecule has 2 rings (SSSR count). The van der Waals surface area contributed by atoms with Crippen molar-refractivity contribution in [2.24, 2.45) is 0 Å². The Kier molecular flexibility index (Phi) is 5.26. The van der Waals surface area contributed by atoms with Gasteiger partial charge in [-0.3, -0.25) is 0 Å². The summed E-state index contributed by atoms with van der Waals surface area (Å²) in [5.74, 6) is 2.10. The Hall–Kier alpha value is -2.43. The van der Waals surface area contributed by atoms with Gasteiger partial charge in [-0.05, 0) is 31.5 Å². The van der Waals surface area contributed by atoms with Crippen LogP contribution in [0.3, 0.4) is 0 Å². The minimum atomic E-state index is 0.392. The van der Waals surface area contributed by atoms with Crippen molar-refractivity contribution in [3.8, 4) is 23.3 Å². The van der Waals surface area contributed by atoms with Crippen LogP contribution in [0, 0.1) is 0 Å². The van der Waals surface area contributed by atoms with E-state index in [0.717, 1.165) is 6.42 Å². The maximum absolute atomic E-state index is 5.83. The number of benzene rings is 1. The van der Waals surface area contributed by atoms with Crippen LogP contribution >= 0.6 is 0 Å². The monoisotopic (exact) mass is 288 g/mol. The zero-order chi connectivity index (χ0) is 15.1. The molecule has 2 aromatic rings. The zero-order valence-electron chi connectivity index (χ0n) is 12.3. The molecule has 112 valence electrons. The molecule has 5 nitrogen and oxygen atoms in total. The Morgan fingerprint density at radius 1 is 1.00 bits per heavy atom. The van der Waals surface area contributed by atoms with E-state index >= 15 is 0 Å². The third kappa shape index (κ3) is 4.02. The largest absolute Gasteiger partial charge is 0.490 e. The summed E-state index contributed by atoms with van der Waals surface area (Å²) in [6.07, 6.45) is 0.888. The first-order valence-corrected chi connectivity index (χ1v) is 7.03. The fourth-order valence-corrected chi connectivity index (χ4v) is 1.73. The Bertz CT molecular complexity index is 587. The van der Waals surface area contributed by atoms with Gasteiger partial charge in [0.15, 0.2) is 11.5 Å². The standard InChI is InChI=1S/C16H20N2O3/c1-3-11-20-16-12(17)9-10-15(18-16)21-14-8-6-5-7-13(14)19-4-2/h5-10H,3-4,11,17H2,1-2H3. The normalized spacial score (nSPS) is 10.2. The summed E-state index contributed by atoms with van der Waals surface area (Å²) in [5.41, 5.74) is 6.33. The molecule has 2 N–H and O–H groups in total. The Morgan fingerprint density at radius 3 is 2.48 bits per heavy atom. The summed E-state index contributed by atoms with van der Waals surface area (Å²) in [6, 6.07) is 10.9. The molecule has 1 heterocycles. The van der Waals surface area contributed by atoms with Crippen molar-refractivity contribution in [3.63, 3.8) is 0 Å². The highest BCUT2D eigenvalue weighted by Gasteiger charge is 2.09. The minimum Gasteiger partial charge on any atom is -0.490 e. The molecule has 0 spiro atoms. The van der Waals surface area contributed by atoms with E-state index < -0.39 is 0 Å². The zero-order valence-corrected chi connectivity index (χ0v) is 12.3. The lowest BCUT2D eigenvalue weighted by molar-refractivity contribution is 0.298. The summed E-state index contributed by atoms with van der Waals surface area (Å²) in [7, 11) is 0. The molecule has 1 aromatic heterocycles. The number of nitrogen functional groups attached to an aromatic ring is 1. The fraction of sp³-hybridized carbons (Fsp3) is 0.312. The second-order valence-electron chi connectivity index (χ2n) is 4.37. The van der Waals surface area contributed by atoms with Crippen LogP contribution in [0.4, 0.5) is 5.69 Å². The van der Waals surface area contributed by atoms with Gasteiger partial charge < -0.3 is 19.9 Å². The number of nitrogens with zero attached hydrogens (tertiary/aromatic N) is 1. The Labute approximate surface area is 124 Å². The molecule has 0 radical (unpaired) electrons. The second kappa shape index (κ2) is 7.38. The fourth-order valence-electron chi connectivity index (χ4n) is 1.73.